The van der Waals surface area contributed by atoms with Crippen LogP contribution >= 0.6 is 27.0 Å². The second-order valence-electron chi connectivity index (χ2n) is 0.408. The van der Waals surface area contributed by atoms with E-state index >= 15 is 0 Å². The zero-order valence-electron chi connectivity index (χ0n) is 3.28. The molecule has 0 radical (unpaired) electrons. The Morgan fingerprint density at radius 3 is 1.40 bits per heavy atom. The van der Waals surface area contributed by atoms with E-state index in [1.165, 1.54) is 0 Å². The zero-order chi connectivity index (χ0) is 2.71. The molecular weight excluding hydrogens is 100 g/mol. The molecular formula is C3H10S2. The standard InChI is InChI=1S/C3H6.2H2S/c1-3-2;;/h3H,1H2,2H3;2*1H2. The first-order chi connectivity index (χ1) is 1.41. The molecule has 0 spiro atoms. The molecule has 0 atom stereocenters. The van der Waals surface area contributed by atoms with Crippen LogP contribution in [0.5, 0.6) is 0 Å². The fourth-order valence-corrected chi connectivity index (χ4v) is 0. The average Bonchev–Trinajstić information content (AvgIpc) is 0.918. The molecule has 0 saturated heterocycles. The van der Waals surface area contributed by atoms with E-state index in [0.29, 0.717) is 0 Å². The van der Waals surface area contributed by atoms with Gasteiger partial charge in [0, 0.05) is 0 Å². The highest BCUT2D eigenvalue weighted by Gasteiger charge is 1.15. The van der Waals surface area contributed by atoms with E-state index in [2.05, 4.69) is 6.58 Å². The number of hydrogen-bond donors (Lipinski definition) is 0. The molecule has 0 rings (SSSR count). The topological polar surface area (TPSA) is 0 Å². The van der Waals surface area contributed by atoms with Gasteiger partial charge in [0.15, 0.2) is 0 Å². The van der Waals surface area contributed by atoms with E-state index < -0.39 is 0 Å². The van der Waals surface area contributed by atoms with E-state index in [-0.39, 0.29) is 27.0 Å². The maximum atomic E-state index is 3.36. The molecule has 0 nitrogen and oxygen atoms in total. The summed E-state index contributed by atoms with van der Waals surface area (Å²) in [6, 6.07) is 0. The van der Waals surface area contributed by atoms with Crippen LogP contribution in [-0.4, -0.2) is 0 Å². The Morgan fingerprint density at radius 1 is 1.40 bits per heavy atom. The minimum atomic E-state index is 0. The van der Waals surface area contributed by atoms with Crippen LogP contribution in [0.2, 0.25) is 0 Å². The molecule has 0 bridgehead atoms. The summed E-state index contributed by atoms with van der Waals surface area (Å²) in [5, 5.41) is 0. The lowest BCUT2D eigenvalue weighted by Gasteiger charge is -1.31. The SMILES string of the molecule is C=CC.S.S. The van der Waals surface area contributed by atoms with Gasteiger partial charge in [-0.3, -0.25) is 0 Å². The molecule has 0 aromatic carbocycles. The molecule has 0 aliphatic rings. The van der Waals surface area contributed by atoms with Gasteiger partial charge in [0.1, 0.15) is 0 Å². The predicted molar refractivity (Wildman–Crippen MR) is 36.6 cm³/mol. The first kappa shape index (κ1) is 18.0. The summed E-state index contributed by atoms with van der Waals surface area (Å²) in [6.45, 7) is 5.25. The highest BCUT2D eigenvalue weighted by atomic mass is 32.1. The molecule has 0 amide bonds. The monoisotopic (exact) mass is 110 g/mol. The molecule has 0 heterocycles. The van der Waals surface area contributed by atoms with Crippen LogP contribution in [0.1, 0.15) is 6.92 Å². The minimum Gasteiger partial charge on any atom is -0.197 e. The van der Waals surface area contributed by atoms with Crippen molar-refractivity contribution in [3.8, 4) is 0 Å². The Hall–Kier alpha value is 0.440. The first-order valence-electron chi connectivity index (χ1n) is 0.986. The summed E-state index contributed by atoms with van der Waals surface area (Å²) < 4.78 is 0. The van der Waals surface area contributed by atoms with Crippen LogP contribution in [-0.2, 0) is 0 Å². The molecule has 5 heavy (non-hydrogen) atoms. The van der Waals surface area contributed by atoms with Gasteiger partial charge >= 0.3 is 0 Å². The van der Waals surface area contributed by atoms with E-state index in [9.17, 15) is 0 Å². The average molecular weight is 110 g/mol. The Bertz CT molecular complexity index is 12.4. The van der Waals surface area contributed by atoms with E-state index in [4.69, 9.17) is 0 Å². The fraction of sp³-hybridized carbons (Fsp3) is 0.333. The number of rotatable bonds is 0. The van der Waals surface area contributed by atoms with Crippen LogP contribution in [0.4, 0.5) is 0 Å². The van der Waals surface area contributed by atoms with Crippen molar-refractivity contribution in [2.45, 2.75) is 6.92 Å². The zero-order valence-corrected chi connectivity index (χ0v) is 5.28. The van der Waals surface area contributed by atoms with Gasteiger partial charge in [-0.25, -0.2) is 0 Å². The van der Waals surface area contributed by atoms with Crippen molar-refractivity contribution in [1.82, 2.24) is 0 Å². The highest BCUT2D eigenvalue weighted by molar-refractivity contribution is 7.59. The third-order valence-corrected chi connectivity index (χ3v) is 0. The Morgan fingerprint density at radius 2 is 1.40 bits per heavy atom. The summed E-state index contributed by atoms with van der Waals surface area (Å²) in [6.07, 6.45) is 1.75. The van der Waals surface area contributed by atoms with E-state index in [1.54, 1.807) is 6.08 Å². The van der Waals surface area contributed by atoms with Crippen LogP contribution in [0.15, 0.2) is 12.7 Å². The quantitative estimate of drug-likeness (QED) is 0.414. The Balaban J connectivity index is -0.0000000200. The second kappa shape index (κ2) is 25.3. The molecule has 2 heteroatoms. The molecule has 0 aliphatic carbocycles. The van der Waals surface area contributed by atoms with Crippen molar-refractivity contribution in [3.05, 3.63) is 12.7 Å². The van der Waals surface area contributed by atoms with Crippen molar-refractivity contribution in [2.75, 3.05) is 0 Å². The van der Waals surface area contributed by atoms with Crippen molar-refractivity contribution < 1.29 is 0 Å². The molecule has 0 fully saturated rings. The molecule has 0 unspecified atom stereocenters. The van der Waals surface area contributed by atoms with Gasteiger partial charge in [-0.1, -0.05) is 6.08 Å². The second-order valence-corrected chi connectivity index (χ2v) is 0.408. The van der Waals surface area contributed by atoms with Crippen LogP contribution in [0.25, 0.3) is 0 Å². The fourth-order valence-electron chi connectivity index (χ4n) is 0. The van der Waals surface area contributed by atoms with Crippen molar-refractivity contribution in [3.63, 3.8) is 0 Å². The van der Waals surface area contributed by atoms with E-state index in [0.717, 1.165) is 0 Å². The van der Waals surface area contributed by atoms with Gasteiger partial charge in [-0.15, -0.1) is 6.58 Å². The summed E-state index contributed by atoms with van der Waals surface area (Å²) in [4.78, 5) is 0. The normalized spacial score (nSPS) is 2.60. The maximum absolute atomic E-state index is 3.36. The van der Waals surface area contributed by atoms with Gasteiger partial charge in [0.2, 0.25) is 0 Å². The summed E-state index contributed by atoms with van der Waals surface area (Å²) in [5.74, 6) is 0. The molecule has 0 saturated carbocycles. The summed E-state index contributed by atoms with van der Waals surface area (Å²) in [5.41, 5.74) is 0. The lowest BCUT2D eigenvalue weighted by Crippen LogP contribution is -1.07. The molecule has 0 aromatic heterocycles. The molecule has 34 valence electrons. The summed E-state index contributed by atoms with van der Waals surface area (Å²) in [7, 11) is 0. The van der Waals surface area contributed by atoms with Gasteiger partial charge in [0.25, 0.3) is 0 Å². The first-order valence-corrected chi connectivity index (χ1v) is 0.986. The third kappa shape index (κ3) is 137. The Labute approximate surface area is 47.2 Å². The maximum Gasteiger partial charge on any atom is -0.0473 e. The van der Waals surface area contributed by atoms with Crippen LogP contribution < -0.4 is 0 Å². The lowest BCUT2D eigenvalue weighted by molar-refractivity contribution is 1.80. The smallest absolute Gasteiger partial charge is 0.0473 e. The van der Waals surface area contributed by atoms with Crippen molar-refractivity contribution >= 4 is 27.0 Å². The molecule has 0 aliphatic heterocycles. The van der Waals surface area contributed by atoms with Crippen LogP contribution in [0.3, 0.4) is 0 Å². The van der Waals surface area contributed by atoms with Crippen LogP contribution in [0, 0.1) is 0 Å². The van der Waals surface area contributed by atoms with Gasteiger partial charge in [0.05, 0.1) is 0 Å². The molecule has 0 aromatic rings. The summed E-state index contributed by atoms with van der Waals surface area (Å²) >= 11 is 0. The van der Waals surface area contributed by atoms with Gasteiger partial charge in [-0.05, 0) is 6.92 Å². The van der Waals surface area contributed by atoms with Gasteiger partial charge < -0.3 is 0 Å². The van der Waals surface area contributed by atoms with E-state index in [1.807, 2.05) is 6.92 Å². The van der Waals surface area contributed by atoms with Crippen molar-refractivity contribution in [1.29, 1.82) is 0 Å². The minimum absolute atomic E-state index is 0. The lowest BCUT2D eigenvalue weighted by atomic mass is 10.8. The van der Waals surface area contributed by atoms with Crippen molar-refractivity contribution in [2.24, 2.45) is 0 Å². The van der Waals surface area contributed by atoms with Gasteiger partial charge in [-0.2, -0.15) is 27.0 Å². The predicted octanol–water partition coefficient (Wildman–Crippen LogP) is 1.42. The number of allylic oxidation sites excluding steroid dienone is 1. The largest absolute Gasteiger partial charge is 0.197 e. The highest BCUT2D eigenvalue weighted by Crippen LogP contribution is 1.38. The molecule has 0 N–H and O–H groups in total. The number of hydrogen-bond acceptors (Lipinski definition) is 0. The third-order valence-electron chi connectivity index (χ3n) is 0. The Kier molecular flexibility index (Phi) is 91.3.